The highest BCUT2D eigenvalue weighted by Gasteiger charge is 2.64. The smallest absolute Gasteiger partial charge is 0.302 e. The molecule has 4 aliphatic rings. The van der Waals surface area contributed by atoms with Crippen LogP contribution in [0.1, 0.15) is 86.0 Å². The van der Waals surface area contributed by atoms with Crippen LogP contribution < -0.4 is 0 Å². The third-order valence-corrected chi connectivity index (χ3v) is 10.1. The van der Waals surface area contributed by atoms with Crippen molar-refractivity contribution in [2.75, 3.05) is 0 Å². The third-order valence-electron chi connectivity index (χ3n) is 10.1. The van der Waals surface area contributed by atoms with Gasteiger partial charge in [0.15, 0.2) is 0 Å². The minimum absolute atomic E-state index is 0.0910. The van der Waals surface area contributed by atoms with Crippen LogP contribution in [-0.2, 0) is 9.53 Å². The third kappa shape index (κ3) is 2.81. The lowest BCUT2D eigenvalue weighted by atomic mass is 9.42. The predicted molar refractivity (Wildman–Crippen MR) is 107 cm³/mol. The van der Waals surface area contributed by atoms with Gasteiger partial charge in [0, 0.05) is 12.3 Å². The molecule has 27 heavy (non-hydrogen) atoms. The first-order chi connectivity index (χ1) is 12.7. The van der Waals surface area contributed by atoms with E-state index in [1.54, 1.807) is 6.92 Å². The lowest BCUT2D eigenvalue weighted by Crippen LogP contribution is -2.57. The first-order valence-corrected chi connectivity index (χ1v) is 11.6. The summed E-state index contributed by atoms with van der Waals surface area (Å²) in [6.45, 7) is 11.3. The van der Waals surface area contributed by atoms with E-state index in [1.165, 1.54) is 32.1 Å². The average molecular weight is 377 g/mol. The van der Waals surface area contributed by atoms with Crippen LogP contribution in [0.4, 0.5) is 0 Å². The van der Waals surface area contributed by atoms with Gasteiger partial charge >= 0.3 is 5.97 Å². The van der Waals surface area contributed by atoms with Crippen molar-refractivity contribution in [1.82, 2.24) is 0 Å². The van der Waals surface area contributed by atoms with Crippen molar-refractivity contribution in [1.29, 1.82) is 0 Å². The van der Waals surface area contributed by atoms with Crippen molar-refractivity contribution in [2.45, 2.75) is 98.2 Å². The molecule has 154 valence electrons. The molecule has 0 heterocycles. The Balaban J connectivity index is 1.66. The van der Waals surface area contributed by atoms with Gasteiger partial charge in [-0.3, -0.25) is 4.79 Å². The molecule has 4 fully saturated rings. The SMILES string of the molecule is CCC1CC(OC(C)=O)[C@@]2(C)CC[C@@H]3[C@@H](CCC4CC(O)CC(C)[C@@]43C)[C@H]12. The fraction of sp³-hybridized carbons (Fsp3) is 0.958. The Kier molecular flexibility index (Phi) is 4.93. The molecule has 0 aromatic heterocycles. The molecule has 3 heteroatoms. The molecule has 0 aromatic rings. The average Bonchev–Trinajstić information content (AvgIpc) is 2.88. The van der Waals surface area contributed by atoms with Crippen molar-refractivity contribution in [3.63, 3.8) is 0 Å². The number of carbonyl (C=O) groups is 1. The predicted octanol–water partition coefficient (Wildman–Crippen LogP) is 5.20. The first-order valence-electron chi connectivity index (χ1n) is 11.6. The molecule has 0 aromatic carbocycles. The Morgan fingerprint density at radius 1 is 1.15 bits per heavy atom. The van der Waals surface area contributed by atoms with Crippen molar-refractivity contribution in [3.8, 4) is 0 Å². The molecule has 0 saturated heterocycles. The molecule has 0 bridgehead atoms. The molecule has 5 unspecified atom stereocenters. The van der Waals surface area contributed by atoms with Crippen LogP contribution >= 0.6 is 0 Å². The highest BCUT2D eigenvalue weighted by Crippen LogP contribution is 2.69. The number of hydrogen-bond donors (Lipinski definition) is 1. The van der Waals surface area contributed by atoms with Crippen molar-refractivity contribution >= 4 is 5.97 Å². The molecule has 3 nitrogen and oxygen atoms in total. The van der Waals surface area contributed by atoms with E-state index < -0.39 is 0 Å². The van der Waals surface area contributed by atoms with Crippen LogP contribution in [0.25, 0.3) is 0 Å². The zero-order valence-electron chi connectivity index (χ0n) is 18.0. The number of fused-ring (bicyclic) bond motifs is 5. The van der Waals surface area contributed by atoms with Gasteiger partial charge in [-0.25, -0.2) is 0 Å². The zero-order valence-corrected chi connectivity index (χ0v) is 18.0. The topological polar surface area (TPSA) is 46.5 Å². The normalized spacial score (nSPS) is 54.6. The summed E-state index contributed by atoms with van der Waals surface area (Å²) >= 11 is 0. The second kappa shape index (κ2) is 6.75. The molecule has 1 N–H and O–H groups in total. The van der Waals surface area contributed by atoms with Gasteiger partial charge < -0.3 is 9.84 Å². The molecule has 0 radical (unpaired) electrons. The van der Waals surface area contributed by atoms with Gasteiger partial charge in [-0.1, -0.05) is 34.1 Å². The number of carbonyl (C=O) groups excluding carboxylic acids is 1. The lowest BCUT2D eigenvalue weighted by Gasteiger charge is -2.63. The van der Waals surface area contributed by atoms with Gasteiger partial charge in [-0.2, -0.15) is 0 Å². The van der Waals surface area contributed by atoms with Gasteiger partial charge in [0.1, 0.15) is 6.10 Å². The summed E-state index contributed by atoms with van der Waals surface area (Å²) in [6, 6.07) is 0. The van der Waals surface area contributed by atoms with Crippen LogP contribution in [0, 0.1) is 46.3 Å². The fourth-order valence-corrected chi connectivity index (χ4v) is 8.73. The maximum Gasteiger partial charge on any atom is 0.302 e. The second-order valence-corrected chi connectivity index (χ2v) is 11.0. The van der Waals surface area contributed by atoms with E-state index in [0.29, 0.717) is 29.1 Å². The molecule has 4 rings (SSSR count). The number of rotatable bonds is 2. The van der Waals surface area contributed by atoms with Gasteiger partial charge in [-0.05, 0) is 85.9 Å². The lowest BCUT2D eigenvalue weighted by molar-refractivity contribution is -0.172. The van der Waals surface area contributed by atoms with Crippen LogP contribution in [0.15, 0.2) is 0 Å². The van der Waals surface area contributed by atoms with Gasteiger partial charge in [0.25, 0.3) is 0 Å². The summed E-state index contributed by atoms with van der Waals surface area (Å²) in [4.78, 5) is 11.8. The minimum Gasteiger partial charge on any atom is -0.462 e. The summed E-state index contributed by atoms with van der Waals surface area (Å²) in [5.74, 6) is 4.13. The maximum absolute atomic E-state index is 11.8. The summed E-state index contributed by atoms with van der Waals surface area (Å²) < 4.78 is 5.89. The molecule has 0 amide bonds. The molecular weight excluding hydrogens is 336 g/mol. The summed E-state index contributed by atoms with van der Waals surface area (Å²) in [7, 11) is 0. The largest absolute Gasteiger partial charge is 0.462 e. The van der Waals surface area contributed by atoms with Crippen molar-refractivity contribution < 1.29 is 14.6 Å². The zero-order chi connectivity index (χ0) is 19.6. The van der Waals surface area contributed by atoms with Crippen LogP contribution in [0.5, 0.6) is 0 Å². The van der Waals surface area contributed by atoms with E-state index in [-0.39, 0.29) is 23.6 Å². The van der Waals surface area contributed by atoms with Crippen LogP contribution in [-0.4, -0.2) is 23.3 Å². The molecule has 10 atom stereocenters. The van der Waals surface area contributed by atoms with E-state index in [1.807, 2.05) is 0 Å². The molecule has 0 spiro atoms. The van der Waals surface area contributed by atoms with Crippen molar-refractivity contribution in [2.24, 2.45) is 46.3 Å². The highest BCUT2D eigenvalue weighted by molar-refractivity contribution is 5.66. The quantitative estimate of drug-likeness (QED) is 0.674. The summed E-state index contributed by atoms with van der Waals surface area (Å²) in [5, 5.41) is 10.4. The maximum atomic E-state index is 11.8. The Labute approximate surface area is 165 Å². The van der Waals surface area contributed by atoms with E-state index in [0.717, 1.165) is 31.1 Å². The van der Waals surface area contributed by atoms with Crippen LogP contribution in [0.3, 0.4) is 0 Å². The molecular formula is C24H40O3. The van der Waals surface area contributed by atoms with Crippen molar-refractivity contribution in [3.05, 3.63) is 0 Å². The van der Waals surface area contributed by atoms with E-state index in [2.05, 4.69) is 27.7 Å². The second-order valence-electron chi connectivity index (χ2n) is 11.0. The Hall–Kier alpha value is -0.570. The number of hydrogen-bond acceptors (Lipinski definition) is 3. The summed E-state index contributed by atoms with van der Waals surface area (Å²) in [5.41, 5.74) is 0.537. The van der Waals surface area contributed by atoms with Gasteiger partial charge in [0.05, 0.1) is 6.10 Å². The van der Waals surface area contributed by atoms with Gasteiger partial charge in [0.2, 0.25) is 0 Å². The molecule has 4 aliphatic carbocycles. The first kappa shape index (κ1) is 19.7. The minimum atomic E-state index is -0.107. The van der Waals surface area contributed by atoms with E-state index in [4.69, 9.17) is 4.74 Å². The Bertz CT molecular complexity index is 588. The molecule has 4 saturated carbocycles. The van der Waals surface area contributed by atoms with E-state index in [9.17, 15) is 9.90 Å². The standard InChI is InChI=1S/C24H40O3/c1-6-16-12-21(27-15(3)25)23(4)10-9-20-19(22(16)23)8-7-17-13-18(26)11-14(2)24(17,20)5/h14,16-22,26H,6-13H2,1-5H3/t14?,16?,17?,18?,19-,20-,21?,22+,23-,24+/m1/s1. The number of esters is 1. The number of aliphatic hydroxyl groups excluding tert-OH is 1. The number of ether oxygens (including phenoxy) is 1. The van der Waals surface area contributed by atoms with E-state index >= 15 is 0 Å². The Morgan fingerprint density at radius 2 is 1.89 bits per heavy atom. The summed E-state index contributed by atoms with van der Waals surface area (Å²) in [6.07, 6.45) is 9.35. The molecule has 0 aliphatic heterocycles. The monoisotopic (exact) mass is 376 g/mol. The fourth-order valence-electron chi connectivity index (χ4n) is 8.73. The Morgan fingerprint density at radius 3 is 2.56 bits per heavy atom. The van der Waals surface area contributed by atoms with Gasteiger partial charge in [-0.15, -0.1) is 0 Å². The number of aliphatic hydroxyl groups is 1. The van der Waals surface area contributed by atoms with Crippen LogP contribution in [0.2, 0.25) is 0 Å². The highest BCUT2D eigenvalue weighted by atomic mass is 16.5.